The van der Waals surface area contributed by atoms with Crippen molar-refractivity contribution in [3.8, 4) is 11.5 Å². The number of nitrogens with zero attached hydrogens (tertiary/aromatic N) is 3. The number of aromatic nitrogens is 3. The van der Waals surface area contributed by atoms with Gasteiger partial charge in [0, 0.05) is 6.20 Å². The molecule has 0 radical (unpaired) electrons. The van der Waals surface area contributed by atoms with E-state index in [0.29, 0.717) is 22.4 Å². The standard InChI is InChI=1S/C15H19ClN4O/c1-2-10-5-7-15(17,8-6-10)14-19-13(20-21-14)12-11(16)4-3-9-18-12/h3-4,9-10H,2,5-8,17H2,1H3. The Balaban J connectivity index is 1.84. The van der Waals surface area contributed by atoms with Gasteiger partial charge in [0.15, 0.2) is 0 Å². The van der Waals surface area contributed by atoms with Gasteiger partial charge in [-0.3, -0.25) is 4.98 Å². The Labute approximate surface area is 128 Å². The smallest absolute Gasteiger partial charge is 0.247 e. The molecule has 0 spiro atoms. The van der Waals surface area contributed by atoms with Gasteiger partial charge in [0.25, 0.3) is 0 Å². The third-order valence-corrected chi connectivity index (χ3v) is 4.70. The largest absolute Gasteiger partial charge is 0.337 e. The van der Waals surface area contributed by atoms with Crippen LogP contribution in [0.25, 0.3) is 11.5 Å². The number of halogens is 1. The summed E-state index contributed by atoms with van der Waals surface area (Å²) in [6.07, 6.45) is 6.83. The normalized spacial score (nSPS) is 26.0. The van der Waals surface area contributed by atoms with Gasteiger partial charge in [-0.25, -0.2) is 0 Å². The summed E-state index contributed by atoms with van der Waals surface area (Å²) >= 11 is 6.11. The summed E-state index contributed by atoms with van der Waals surface area (Å²) in [5.74, 6) is 1.65. The molecular weight excluding hydrogens is 288 g/mol. The SMILES string of the molecule is CCC1CCC(N)(c2nc(-c3ncccc3Cl)no2)CC1. The van der Waals surface area contributed by atoms with Crippen molar-refractivity contribution >= 4 is 11.6 Å². The molecule has 21 heavy (non-hydrogen) atoms. The summed E-state index contributed by atoms with van der Waals surface area (Å²) in [5, 5.41) is 4.50. The summed E-state index contributed by atoms with van der Waals surface area (Å²) < 4.78 is 5.40. The predicted octanol–water partition coefficient (Wildman–Crippen LogP) is 3.54. The number of pyridine rings is 1. The summed E-state index contributed by atoms with van der Waals surface area (Å²) in [6.45, 7) is 2.22. The van der Waals surface area contributed by atoms with Gasteiger partial charge in [-0.1, -0.05) is 30.1 Å². The molecule has 1 aliphatic carbocycles. The highest BCUT2D eigenvalue weighted by atomic mass is 35.5. The second kappa shape index (κ2) is 5.73. The van der Waals surface area contributed by atoms with E-state index in [0.717, 1.165) is 31.6 Å². The van der Waals surface area contributed by atoms with Crippen molar-refractivity contribution in [3.05, 3.63) is 29.2 Å². The van der Waals surface area contributed by atoms with Crippen LogP contribution in [0.4, 0.5) is 0 Å². The van der Waals surface area contributed by atoms with Crippen LogP contribution in [0.1, 0.15) is 44.9 Å². The molecule has 112 valence electrons. The lowest BCUT2D eigenvalue weighted by Crippen LogP contribution is -2.40. The summed E-state index contributed by atoms with van der Waals surface area (Å²) in [6, 6.07) is 3.52. The average Bonchev–Trinajstić information content (AvgIpc) is 2.99. The van der Waals surface area contributed by atoms with Crippen LogP contribution in [0, 0.1) is 5.92 Å². The first kappa shape index (κ1) is 14.5. The maximum Gasteiger partial charge on any atom is 0.247 e. The van der Waals surface area contributed by atoms with Gasteiger partial charge in [0.1, 0.15) is 5.69 Å². The van der Waals surface area contributed by atoms with Gasteiger partial charge in [-0.2, -0.15) is 4.98 Å². The highest BCUT2D eigenvalue weighted by molar-refractivity contribution is 6.32. The Morgan fingerprint density at radius 2 is 2.19 bits per heavy atom. The van der Waals surface area contributed by atoms with Crippen molar-refractivity contribution in [2.45, 2.75) is 44.6 Å². The molecule has 1 aliphatic rings. The highest BCUT2D eigenvalue weighted by Gasteiger charge is 2.37. The topological polar surface area (TPSA) is 77.8 Å². The van der Waals surface area contributed by atoms with E-state index in [9.17, 15) is 0 Å². The number of hydrogen-bond acceptors (Lipinski definition) is 5. The fourth-order valence-corrected chi connectivity index (χ4v) is 3.09. The molecule has 0 aliphatic heterocycles. The van der Waals surface area contributed by atoms with E-state index < -0.39 is 5.54 Å². The average molecular weight is 307 g/mol. The zero-order chi connectivity index (χ0) is 14.9. The van der Waals surface area contributed by atoms with Crippen LogP contribution < -0.4 is 5.73 Å². The van der Waals surface area contributed by atoms with Crippen LogP contribution in [-0.2, 0) is 5.54 Å². The minimum absolute atomic E-state index is 0.401. The van der Waals surface area contributed by atoms with Crippen molar-refractivity contribution in [3.63, 3.8) is 0 Å². The van der Waals surface area contributed by atoms with Crippen molar-refractivity contribution in [1.82, 2.24) is 15.1 Å². The zero-order valence-electron chi connectivity index (χ0n) is 12.1. The van der Waals surface area contributed by atoms with Gasteiger partial charge < -0.3 is 10.3 Å². The molecule has 2 aromatic heterocycles. The second-order valence-electron chi connectivity index (χ2n) is 5.76. The molecule has 2 N–H and O–H groups in total. The van der Waals surface area contributed by atoms with E-state index in [1.807, 2.05) is 0 Å². The monoisotopic (exact) mass is 306 g/mol. The van der Waals surface area contributed by atoms with E-state index in [1.165, 1.54) is 6.42 Å². The van der Waals surface area contributed by atoms with Gasteiger partial charge in [-0.15, -0.1) is 0 Å². The minimum atomic E-state index is -0.516. The van der Waals surface area contributed by atoms with Crippen LogP contribution in [0.3, 0.4) is 0 Å². The second-order valence-corrected chi connectivity index (χ2v) is 6.17. The summed E-state index contributed by atoms with van der Waals surface area (Å²) in [4.78, 5) is 8.64. The lowest BCUT2D eigenvalue weighted by atomic mass is 9.76. The first-order valence-electron chi connectivity index (χ1n) is 7.36. The molecule has 3 rings (SSSR count). The molecule has 0 bridgehead atoms. The lowest BCUT2D eigenvalue weighted by molar-refractivity contribution is 0.181. The van der Waals surface area contributed by atoms with Gasteiger partial charge >= 0.3 is 0 Å². The van der Waals surface area contributed by atoms with Crippen LogP contribution in [0.15, 0.2) is 22.9 Å². The van der Waals surface area contributed by atoms with E-state index in [4.69, 9.17) is 21.9 Å². The quantitative estimate of drug-likeness (QED) is 0.938. The van der Waals surface area contributed by atoms with Gasteiger partial charge in [-0.05, 0) is 43.7 Å². The Morgan fingerprint density at radius 1 is 1.43 bits per heavy atom. The molecule has 1 fully saturated rings. The number of nitrogens with two attached hydrogens (primary N) is 1. The van der Waals surface area contributed by atoms with E-state index in [2.05, 4.69) is 22.0 Å². The van der Waals surface area contributed by atoms with Crippen LogP contribution >= 0.6 is 11.6 Å². The Morgan fingerprint density at radius 3 is 2.86 bits per heavy atom. The van der Waals surface area contributed by atoms with E-state index >= 15 is 0 Å². The first-order chi connectivity index (χ1) is 10.1. The fourth-order valence-electron chi connectivity index (χ4n) is 2.89. The molecule has 5 nitrogen and oxygen atoms in total. The molecule has 0 saturated heterocycles. The first-order valence-corrected chi connectivity index (χ1v) is 7.74. The van der Waals surface area contributed by atoms with E-state index in [-0.39, 0.29) is 0 Å². The predicted molar refractivity (Wildman–Crippen MR) is 80.7 cm³/mol. The van der Waals surface area contributed by atoms with Crippen LogP contribution in [-0.4, -0.2) is 15.1 Å². The Kier molecular flexibility index (Phi) is 3.95. The van der Waals surface area contributed by atoms with Crippen molar-refractivity contribution < 1.29 is 4.52 Å². The summed E-state index contributed by atoms with van der Waals surface area (Å²) in [5.41, 5.74) is 6.49. The van der Waals surface area contributed by atoms with Crippen molar-refractivity contribution in [2.75, 3.05) is 0 Å². The molecule has 1 saturated carbocycles. The number of rotatable bonds is 3. The van der Waals surface area contributed by atoms with E-state index in [1.54, 1.807) is 18.3 Å². The highest BCUT2D eigenvalue weighted by Crippen LogP contribution is 2.38. The summed E-state index contributed by atoms with van der Waals surface area (Å²) in [7, 11) is 0. The minimum Gasteiger partial charge on any atom is -0.337 e. The fraction of sp³-hybridized carbons (Fsp3) is 0.533. The van der Waals surface area contributed by atoms with Gasteiger partial charge in [0.2, 0.25) is 11.7 Å². The van der Waals surface area contributed by atoms with Gasteiger partial charge in [0.05, 0.1) is 10.6 Å². The van der Waals surface area contributed by atoms with Crippen molar-refractivity contribution in [2.24, 2.45) is 11.7 Å². The maximum atomic E-state index is 6.48. The third-order valence-electron chi connectivity index (χ3n) is 4.40. The molecule has 0 amide bonds. The van der Waals surface area contributed by atoms with Crippen LogP contribution in [0.5, 0.6) is 0 Å². The molecule has 0 unspecified atom stereocenters. The zero-order valence-corrected chi connectivity index (χ0v) is 12.8. The molecule has 0 atom stereocenters. The van der Waals surface area contributed by atoms with Crippen LogP contribution in [0.2, 0.25) is 5.02 Å². The third kappa shape index (κ3) is 2.80. The maximum absolute atomic E-state index is 6.48. The molecule has 2 aromatic rings. The molecule has 6 heteroatoms. The molecule has 0 aromatic carbocycles. The van der Waals surface area contributed by atoms with Crippen molar-refractivity contribution in [1.29, 1.82) is 0 Å². The molecular formula is C15H19ClN4O. The lowest BCUT2D eigenvalue weighted by Gasteiger charge is -2.33. The number of hydrogen-bond donors (Lipinski definition) is 1. The Hall–Kier alpha value is -1.46. The molecule has 2 heterocycles. The Bertz CT molecular complexity index is 620.